The third-order valence-corrected chi connectivity index (χ3v) is 4.46. The fraction of sp³-hybridized carbons (Fsp3) is 0.350. The fourth-order valence-electron chi connectivity index (χ4n) is 2.36. The zero-order chi connectivity index (χ0) is 21.4. The second-order valence-corrected chi connectivity index (χ2v) is 6.58. The van der Waals surface area contributed by atoms with Crippen molar-refractivity contribution in [2.45, 2.75) is 39.8 Å². The van der Waals surface area contributed by atoms with Gasteiger partial charge in [0.15, 0.2) is 5.90 Å². The van der Waals surface area contributed by atoms with E-state index < -0.39 is 11.7 Å². The number of hydrogen-bond donors (Lipinski definition) is 1. The number of aliphatic imine (C=N–C) groups is 1. The Morgan fingerprint density at radius 2 is 1.93 bits per heavy atom. The van der Waals surface area contributed by atoms with Crippen LogP contribution in [-0.4, -0.2) is 28.6 Å². The van der Waals surface area contributed by atoms with Crippen molar-refractivity contribution in [3.05, 3.63) is 58.6 Å². The maximum Gasteiger partial charge on any atom is 0.414 e. The normalized spacial score (nSPS) is 12.8. The molecular weight excluding hydrogens is 405 g/mol. The first-order chi connectivity index (χ1) is 13.7. The van der Waals surface area contributed by atoms with Gasteiger partial charge in [-0.25, -0.2) is 15.0 Å². The molecule has 0 spiro atoms. The quantitative estimate of drug-likeness (QED) is 0.452. The molecule has 0 atom stereocenters. The second kappa shape index (κ2) is 10.2. The van der Waals surface area contributed by atoms with Gasteiger partial charge in [0.2, 0.25) is 0 Å². The highest BCUT2D eigenvalue weighted by Gasteiger charge is 2.31. The molecule has 0 radical (unpaired) electrons. The zero-order valence-corrected chi connectivity index (χ0v) is 17.1. The summed E-state index contributed by atoms with van der Waals surface area (Å²) in [6.07, 6.45) is -1.56. The minimum absolute atomic E-state index is 0.128. The maximum absolute atomic E-state index is 12.7. The van der Waals surface area contributed by atoms with Crippen LogP contribution in [0.2, 0.25) is 5.02 Å². The van der Waals surface area contributed by atoms with E-state index in [1.807, 2.05) is 12.1 Å². The predicted octanol–water partition coefficient (Wildman–Crippen LogP) is 5.75. The molecule has 1 aromatic heterocycles. The summed E-state index contributed by atoms with van der Waals surface area (Å²) in [7, 11) is 0. The summed E-state index contributed by atoms with van der Waals surface area (Å²) in [6.45, 7) is 5.37. The molecule has 1 heterocycles. The summed E-state index contributed by atoms with van der Waals surface area (Å²) in [6, 6.07) is 7.23. The molecule has 0 saturated heterocycles. The molecule has 0 unspecified atom stereocenters. The molecule has 2 aromatic rings. The molecule has 29 heavy (non-hydrogen) atoms. The number of benzene rings is 1. The van der Waals surface area contributed by atoms with Crippen LogP contribution in [0.5, 0.6) is 5.75 Å². The van der Waals surface area contributed by atoms with E-state index in [0.717, 1.165) is 18.2 Å². The molecule has 0 aliphatic rings. The van der Waals surface area contributed by atoms with Crippen molar-refractivity contribution in [1.29, 1.82) is 0 Å². The standard InChI is InChI=1S/C20H22ClF3N4O/c1-4-16(20(22,23)24)11-26-14(3)29-17-7-5-15(6-8-17)9-10-25-19-18(21)13(2)27-12-28-19/h5-8,11-12H,4,9-10H2,1-3H3,(H,25,27,28)/b16-11+,26-14?. The number of anilines is 1. The monoisotopic (exact) mass is 426 g/mol. The molecule has 0 fully saturated rings. The first-order valence-corrected chi connectivity index (χ1v) is 9.37. The van der Waals surface area contributed by atoms with Crippen LogP contribution in [0.25, 0.3) is 0 Å². The largest absolute Gasteiger partial charge is 0.443 e. The third kappa shape index (κ3) is 7.05. The van der Waals surface area contributed by atoms with Crippen molar-refractivity contribution in [2.24, 2.45) is 4.99 Å². The van der Waals surface area contributed by atoms with Crippen LogP contribution in [0.15, 0.2) is 47.4 Å². The van der Waals surface area contributed by atoms with Gasteiger partial charge in [-0.1, -0.05) is 30.7 Å². The van der Waals surface area contributed by atoms with Crippen molar-refractivity contribution in [2.75, 3.05) is 11.9 Å². The SMILES string of the molecule is CC/C(=C\N=C(C)Oc1ccc(CCNc2ncnc(C)c2Cl)cc1)C(F)(F)F. The number of nitrogens with one attached hydrogen (secondary N) is 1. The van der Waals surface area contributed by atoms with Gasteiger partial charge < -0.3 is 10.1 Å². The van der Waals surface area contributed by atoms with Gasteiger partial charge in [-0.3, -0.25) is 0 Å². The Labute approximate surface area is 172 Å². The second-order valence-electron chi connectivity index (χ2n) is 6.20. The summed E-state index contributed by atoms with van der Waals surface area (Å²) < 4.78 is 43.6. The number of aromatic nitrogens is 2. The topological polar surface area (TPSA) is 59.4 Å². The molecule has 0 saturated carbocycles. The molecule has 2 rings (SSSR count). The predicted molar refractivity (Wildman–Crippen MR) is 109 cm³/mol. The number of ether oxygens (including phenoxy) is 1. The average molecular weight is 427 g/mol. The Hall–Kier alpha value is -2.61. The molecular formula is C20H22ClF3N4O. The Bertz CT molecular complexity index is 880. The minimum atomic E-state index is -4.39. The summed E-state index contributed by atoms with van der Waals surface area (Å²) in [5, 5.41) is 3.66. The minimum Gasteiger partial charge on any atom is -0.443 e. The number of aryl methyl sites for hydroxylation is 1. The van der Waals surface area contributed by atoms with Gasteiger partial charge in [0.25, 0.3) is 0 Å². The van der Waals surface area contributed by atoms with Crippen molar-refractivity contribution >= 4 is 23.3 Å². The summed E-state index contributed by atoms with van der Waals surface area (Å²) in [5.74, 6) is 1.21. The molecule has 156 valence electrons. The van der Waals surface area contributed by atoms with Crippen molar-refractivity contribution in [3.8, 4) is 5.75 Å². The van der Waals surface area contributed by atoms with Crippen LogP contribution in [0.3, 0.4) is 0 Å². The smallest absolute Gasteiger partial charge is 0.414 e. The van der Waals surface area contributed by atoms with E-state index in [0.29, 0.717) is 28.8 Å². The van der Waals surface area contributed by atoms with Gasteiger partial charge in [-0.05, 0) is 37.5 Å². The number of nitrogens with zero attached hydrogens (tertiary/aromatic N) is 3. The molecule has 5 nitrogen and oxygen atoms in total. The van der Waals surface area contributed by atoms with Gasteiger partial charge in [0.05, 0.1) is 11.3 Å². The van der Waals surface area contributed by atoms with Crippen molar-refractivity contribution in [3.63, 3.8) is 0 Å². The molecule has 0 bridgehead atoms. The third-order valence-electron chi connectivity index (χ3n) is 4.01. The van der Waals surface area contributed by atoms with E-state index in [2.05, 4.69) is 20.3 Å². The molecule has 1 N–H and O–H groups in total. The molecule has 0 aliphatic heterocycles. The van der Waals surface area contributed by atoms with E-state index in [1.54, 1.807) is 19.1 Å². The van der Waals surface area contributed by atoms with Crippen molar-refractivity contribution in [1.82, 2.24) is 9.97 Å². The van der Waals surface area contributed by atoms with Gasteiger partial charge in [0, 0.05) is 19.7 Å². The molecule has 0 amide bonds. The number of rotatable bonds is 7. The van der Waals surface area contributed by atoms with E-state index in [9.17, 15) is 13.2 Å². The van der Waals surface area contributed by atoms with Crippen LogP contribution in [-0.2, 0) is 6.42 Å². The molecule has 0 aliphatic carbocycles. The Kier molecular flexibility index (Phi) is 8.01. The highest BCUT2D eigenvalue weighted by molar-refractivity contribution is 6.33. The van der Waals surface area contributed by atoms with E-state index in [1.165, 1.54) is 20.2 Å². The lowest BCUT2D eigenvalue weighted by molar-refractivity contribution is -0.0937. The van der Waals surface area contributed by atoms with Crippen LogP contribution >= 0.6 is 11.6 Å². The maximum atomic E-state index is 12.7. The lowest BCUT2D eigenvalue weighted by Gasteiger charge is -2.09. The first-order valence-electron chi connectivity index (χ1n) is 8.99. The zero-order valence-electron chi connectivity index (χ0n) is 16.3. The number of alkyl halides is 3. The fourth-order valence-corrected chi connectivity index (χ4v) is 2.53. The van der Waals surface area contributed by atoms with Crippen LogP contribution in [0.1, 0.15) is 31.5 Å². The Morgan fingerprint density at radius 3 is 2.55 bits per heavy atom. The van der Waals surface area contributed by atoms with Crippen LogP contribution in [0, 0.1) is 6.92 Å². The highest BCUT2D eigenvalue weighted by atomic mass is 35.5. The van der Waals surface area contributed by atoms with E-state index in [4.69, 9.17) is 16.3 Å². The molecule has 9 heteroatoms. The Morgan fingerprint density at radius 1 is 1.24 bits per heavy atom. The lowest BCUT2D eigenvalue weighted by atomic mass is 10.1. The van der Waals surface area contributed by atoms with Gasteiger partial charge >= 0.3 is 6.18 Å². The number of halogens is 4. The van der Waals surface area contributed by atoms with Crippen LogP contribution in [0.4, 0.5) is 19.0 Å². The average Bonchev–Trinajstić information content (AvgIpc) is 2.66. The number of allylic oxidation sites excluding steroid dienone is 1. The number of hydrogen-bond acceptors (Lipinski definition) is 5. The van der Waals surface area contributed by atoms with Crippen molar-refractivity contribution < 1.29 is 17.9 Å². The van der Waals surface area contributed by atoms with E-state index >= 15 is 0 Å². The molecule has 1 aromatic carbocycles. The summed E-state index contributed by atoms with van der Waals surface area (Å²) in [4.78, 5) is 11.9. The summed E-state index contributed by atoms with van der Waals surface area (Å²) in [5.41, 5.74) is 1.05. The first kappa shape index (κ1) is 22.7. The van der Waals surface area contributed by atoms with Gasteiger partial charge in [-0.15, -0.1) is 0 Å². The summed E-state index contributed by atoms with van der Waals surface area (Å²) >= 11 is 6.14. The van der Waals surface area contributed by atoms with Crippen LogP contribution < -0.4 is 10.1 Å². The lowest BCUT2D eigenvalue weighted by Crippen LogP contribution is -2.11. The van der Waals surface area contributed by atoms with E-state index in [-0.39, 0.29) is 12.3 Å². The Balaban J connectivity index is 1.90. The van der Waals surface area contributed by atoms with Gasteiger partial charge in [0.1, 0.15) is 22.9 Å². The highest BCUT2D eigenvalue weighted by Crippen LogP contribution is 2.27. The van der Waals surface area contributed by atoms with Gasteiger partial charge in [-0.2, -0.15) is 13.2 Å².